The van der Waals surface area contributed by atoms with E-state index in [4.69, 9.17) is 5.73 Å². The van der Waals surface area contributed by atoms with Gasteiger partial charge in [-0.25, -0.2) is 17.6 Å². The van der Waals surface area contributed by atoms with Crippen molar-refractivity contribution in [2.45, 2.75) is 5.92 Å². The van der Waals surface area contributed by atoms with Crippen molar-refractivity contribution in [3.63, 3.8) is 0 Å². The third-order valence-corrected chi connectivity index (χ3v) is 2.47. The number of halogens is 4. The molecule has 0 saturated carbocycles. The summed E-state index contributed by atoms with van der Waals surface area (Å²) < 4.78 is 51.8. The molecule has 1 aliphatic heterocycles. The van der Waals surface area contributed by atoms with Crippen LogP contribution in [0.2, 0.25) is 0 Å². The van der Waals surface area contributed by atoms with E-state index in [1.54, 1.807) is 0 Å². The molecule has 3 nitrogen and oxygen atoms in total. The minimum Gasteiger partial charge on any atom is -0.396 e. The van der Waals surface area contributed by atoms with Gasteiger partial charge in [0.2, 0.25) is 0 Å². The summed E-state index contributed by atoms with van der Waals surface area (Å²) in [4.78, 5) is 12.2. The van der Waals surface area contributed by atoms with E-state index in [2.05, 4.69) is 0 Å². The van der Waals surface area contributed by atoms with Crippen LogP contribution in [-0.2, 0) is 0 Å². The zero-order valence-corrected chi connectivity index (χ0v) is 8.51. The van der Waals surface area contributed by atoms with E-state index in [-0.39, 0.29) is 0 Å². The first-order valence-electron chi connectivity index (χ1n) is 4.72. The van der Waals surface area contributed by atoms with Crippen LogP contribution in [0.3, 0.4) is 0 Å². The number of amides is 1. The van der Waals surface area contributed by atoms with Gasteiger partial charge in [-0.2, -0.15) is 0 Å². The zero-order valence-electron chi connectivity index (χ0n) is 8.51. The fourth-order valence-electron chi connectivity index (χ4n) is 1.58. The lowest BCUT2D eigenvalue weighted by molar-refractivity contribution is -0.113. The molecule has 0 atom stereocenters. The van der Waals surface area contributed by atoms with Crippen molar-refractivity contribution in [1.29, 1.82) is 0 Å². The number of benzene rings is 1. The Hall–Kier alpha value is -1.79. The topological polar surface area (TPSA) is 46.3 Å². The highest BCUT2D eigenvalue weighted by Gasteiger charge is 2.47. The molecule has 1 aromatic rings. The van der Waals surface area contributed by atoms with Crippen molar-refractivity contribution in [2.24, 2.45) is 0 Å². The summed E-state index contributed by atoms with van der Waals surface area (Å²) in [5.74, 6) is -6.43. The Kier molecular flexibility index (Phi) is 2.48. The average Bonchev–Trinajstić information content (AvgIpc) is 2.20. The molecule has 1 amide bonds. The third-order valence-electron chi connectivity index (χ3n) is 2.47. The maximum Gasteiger partial charge on any atom is 0.282 e. The molecule has 0 bridgehead atoms. The lowest BCUT2D eigenvalue weighted by atomic mass is 10.1. The highest BCUT2D eigenvalue weighted by Crippen LogP contribution is 2.30. The Bertz CT molecular complexity index is 481. The van der Waals surface area contributed by atoms with Crippen LogP contribution in [0.25, 0.3) is 0 Å². The SMILES string of the molecule is Nc1ccc(F)c(C(=O)N2CC(F)(F)C2)c1F. The third kappa shape index (κ3) is 1.92. The summed E-state index contributed by atoms with van der Waals surface area (Å²) in [6.45, 7) is -1.67. The minimum absolute atomic E-state index is 0.401. The Labute approximate surface area is 93.8 Å². The van der Waals surface area contributed by atoms with Gasteiger partial charge in [0.1, 0.15) is 11.4 Å². The van der Waals surface area contributed by atoms with Crippen molar-refractivity contribution >= 4 is 11.6 Å². The van der Waals surface area contributed by atoms with Gasteiger partial charge >= 0.3 is 0 Å². The van der Waals surface area contributed by atoms with Crippen LogP contribution in [0.1, 0.15) is 10.4 Å². The predicted octanol–water partition coefficient (Wildman–Crippen LogP) is 1.64. The van der Waals surface area contributed by atoms with E-state index < -0.39 is 47.8 Å². The van der Waals surface area contributed by atoms with Gasteiger partial charge in [0.25, 0.3) is 11.8 Å². The molecule has 17 heavy (non-hydrogen) atoms. The van der Waals surface area contributed by atoms with Crippen molar-refractivity contribution in [1.82, 2.24) is 4.90 Å². The molecule has 92 valence electrons. The molecule has 1 heterocycles. The second-order valence-electron chi connectivity index (χ2n) is 3.84. The van der Waals surface area contributed by atoms with Gasteiger partial charge in [0, 0.05) is 0 Å². The lowest BCUT2D eigenvalue weighted by Gasteiger charge is -2.38. The number of rotatable bonds is 1. The van der Waals surface area contributed by atoms with Crippen LogP contribution in [0, 0.1) is 11.6 Å². The fraction of sp³-hybridized carbons (Fsp3) is 0.300. The molecule has 0 aromatic heterocycles. The molecule has 0 unspecified atom stereocenters. The summed E-state index contributed by atoms with van der Waals surface area (Å²) in [5, 5.41) is 0. The van der Waals surface area contributed by atoms with Gasteiger partial charge in [0.05, 0.1) is 18.8 Å². The quantitative estimate of drug-likeness (QED) is 0.606. The van der Waals surface area contributed by atoms with E-state index in [9.17, 15) is 22.4 Å². The number of carbonyl (C=O) groups excluding carboxylic acids is 1. The maximum atomic E-state index is 13.4. The molecule has 0 radical (unpaired) electrons. The monoisotopic (exact) mass is 248 g/mol. The Morgan fingerprint density at radius 2 is 1.88 bits per heavy atom. The van der Waals surface area contributed by atoms with Gasteiger partial charge < -0.3 is 10.6 Å². The number of likely N-dealkylation sites (tertiary alicyclic amines) is 1. The first kappa shape index (κ1) is 11.7. The first-order valence-corrected chi connectivity index (χ1v) is 4.72. The fourth-order valence-corrected chi connectivity index (χ4v) is 1.58. The molecule has 1 saturated heterocycles. The summed E-state index contributed by atoms with van der Waals surface area (Å²) in [7, 11) is 0. The van der Waals surface area contributed by atoms with Crippen molar-refractivity contribution in [3.8, 4) is 0 Å². The molecule has 1 aliphatic rings. The minimum atomic E-state index is -2.98. The number of hydrogen-bond donors (Lipinski definition) is 1. The van der Waals surface area contributed by atoms with Crippen molar-refractivity contribution in [3.05, 3.63) is 29.3 Å². The van der Waals surface area contributed by atoms with Crippen LogP contribution in [0.5, 0.6) is 0 Å². The van der Waals surface area contributed by atoms with E-state index in [0.29, 0.717) is 4.90 Å². The summed E-state index contributed by atoms with van der Waals surface area (Å²) in [5.41, 5.74) is 3.89. The molecule has 1 fully saturated rings. The van der Waals surface area contributed by atoms with Crippen LogP contribution in [0.4, 0.5) is 23.2 Å². The molecular formula is C10H8F4N2O. The van der Waals surface area contributed by atoms with E-state index in [0.717, 1.165) is 12.1 Å². The number of carbonyl (C=O) groups is 1. The molecule has 0 aliphatic carbocycles. The maximum absolute atomic E-state index is 13.4. The average molecular weight is 248 g/mol. The number of anilines is 1. The second kappa shape index (κ2) is 3.61. The van der Waals surface area contributed by atoms with Gasteiger partial charge in [-0.3, -0.25) is 4.79 Å². The highest BCUT2D eigenvalue weighted by molar-refractivity contribution is 5.96. The van der Waals surface area contributed by atoms with Crippen LogP contribution in [-0.4, -0.2) is 29.8 Å². The first-order chi connectivity index (χ1) is 7.82. The normalized spacial score (nSPS) is 17.8. The van der Waals surface area contributed by atoms with Crippen molar-refractivity contribution < 1.29 is 22.4 Å². The smallest absolute Gasteiger partial charge is 0.282 e. The molecule has 1 aromatic carbocycles. The number of nitrogen functional groups attached to an aromatic ring is 1. The van der Waals surface area contributed by atoms with E-state index in [1.807, 2.05) is 0 Å². The molecule has 0 spiro atoms. The number of nitrogens with zero attached hydrogens (tertiary/aromatic N) is 1. The summed E-state index contributed by atoms with van der Waals surface area (Å²) in [6, 6.07) is 1.79. The predicted molar refractivity (Wildman–Crippen MR) is 51.6 cm³/mol. The van der Waals surface area contributed by atoms with Crippen molar-refractivity contribution in [2.75, 3.05) is 18.8 Å². The Balaban J connectivity index is 2.29. The number of alkyl halides is 2. The highest BCUT2D eigenvalue weighted by atomic mass is 19.3. The van der Waals surface area contributed by atoms with Gasteiger partial charge in [-0.15, -0.1) is 0 Å². The standard InChI is InChI=1S/C10H8F4N2O/c11-5-1-2-6(15)8(12)7(5)9(17)16-3-10(13,14)4-16/h1-2H,3-4,15H2. The van der Waals surface area contributed by atoms with Crippen LogP contribution >= 0.6 is 0 Å². The second-order valence-corrected chi connectivity index (χ2v) is 3.84. The number of hydrogen-bond acceptors (Lipinski definition) is 2. The van der Waals surface area contributed by atoms with E-state index >= 15 is 0 Å². The van der Waals surface area contributed by atoms with Gasteiger partial charge in [-0.05, 0) is 12.1 Å². The Morgan fingerprint density at radius 1 is 1.29 bits per heavy atom. The van der Waals surface area contributed by atoms with Gasteiger partial charge in [-0.1, -0.05) is 0 Å². The molecule has 2 rings (SSSR count). The zero-order chi connectivity index (χ0) is 12.8. The van der Waals surface area contributed by atoms with Crippen LogP contribution < -0.4 is 5.73 Å². The van der Waals surface area contributed by atoms with Gasteiger partial charge in [0.15, 0.2) is 5.82 Å². The molecule has 2 N–H and O–H groups in total. The van der Waals surface area contributed by atoms with E-state index in [1.165, 1.54) is 0 Å². The largest absolute Gasteiger partial charge is 0.396 e. The summed E-state index contributed by atoms with van der Waals surface area (Å²) in [6.07, 6.45) is 0. The molecule has 7 heteroatoms. The molecular weight excluding hydrogens is 240 g/mol. The Morgan fingerprint density at radius 3 is 2.41 bits per heavy atom. The lowest BCUT2D eigenvalue weighted by Crippen LogP contribution is -2.58. The number of nitrogens with two attached hydrogens (primary N) is 1. The summed E-state index contributed by atoms with van der Waals surface area (Å²) >= 11 is 0. The van der Waals surface area contributed by atoms with Crippen LogP contribution in [0.15, 0.2) is 12.1 Å².